The summed E-state index contributed by atoms with van der Waals surface area (Å²) in [6, 6.07) is 8.07. The van der Waals surface area contributed by atoms with E-state index < -0.39 is 0 Å². The third-order valence-corrected chi connectivity index (χ3v) is 3.57. The van der Waals surface area contributed by atoms with E-state index in [1.54, 1.807) is 0 Å². The van der Waals surface area contributed by atoms with Crippen LogP contribution in [0.25, 0.3) is 0 Å². The molecule has 0 aliphatic heterocycles. The van der Waals surface area contributed by atoms with Crippen molar-refractivity contribution >= 4 is 0 Å². The van der Waals surface area contributed by atoms with Crippen molar-refractivity contribution in [3.8, 4) is 5.75 Å². The highest BCUT2D eigenvalue weighted by Gasteiger charge is 2.09. The molecule has 0 bridgehead atoms. The smallest absolute Gasteiger partial charge is 0.165 e. The summed E-state index contributed by atoms with van der Waals surface area (Å²) in [6.07, 6.45) is 2.23. The molecule has 0 fully saturated rings. The Kier molecular flexibility index (Phi) is 6.33. The molecule has 0 atom stereocenters. The highest BCUT2D eigenvalue weighted by atomic mass is 16.5. The monoisotopic (exact) mass is 303 g/mol. The van der Waals surface area contributed by atoms with Crippen molar-refractivity contribution < 1.29 is 4.74 Å². The van der Waals surface area contributed by atoms with E-state index >= 15 is 0 Å². The SMILES string of the molecule is CCCCn1nnnc1CN(C)CCOc1ccccc1C. The second-order valence-electron chi connectivity index (χ2n) is 5.52. The fourth-order valence-corrected chi connectivity index (χ4v) is 2.17. The number of aromatic nitrogens is 4. The van der Waals surface area contributed by atoms with Gasteiger partial charge in [0.05, 0.1) is 6.54 Å². The first-order valence-electron chi connectivity index (χ1n) is 7.82. The van der Waals surface area contributed by atoms with Crippen molar-refractivity contribution in [2.45, 2.75) is 39.8 Å². The van der Waals surface area contributed by atoms with Gasteiger partial charge in [-0.2, -0.15) is 0 Å². The summed E-state index contributed by atoms with van der Waals surface area (Å²) >= 11 is 0. The zero-order chi connectivity index (χ0) is 15.8. The zero-order valence-corrected chi connectivity index (χ0v) is 13.7. The Morgan fingerprint density at radius 3 is 2.86 bits per heavy atom. The standard InChI is InChI=1S/C16H25N5O/c1-4-5-10-21-16(17-18-19-21)13-20(3)11-12-22-15-9-7-6-8-14(15)2/h6-9H,4-5,10-13H2,1-3H3. The molecule has 0 unspecified atom stereocenters. The molecule has 120 valence electrons. The van der Waals surface area contributed by atoms with Crippen molar-refractivity contribution in [3.63, 3.8) is 0 Å². The van der Waals surface area contributed by atoms with Gasteiger partial charge in [0, 0.05) is 13.1 Å². The molecule has 2 rings (SSSR count). The Morgan fingerprint density at radius 1 is 1.27 bits per heavy atom. The summed E-state index contributed by atoms with van der Waals surface area (Å²) in [4.78, 5) is 2.17. The van der Waals surface area contributed by atoms with Gasteiger partial charge < -0.3 is 4.74 Å². The lowest BCUT2D eigenvalue weighted by molar-refractivity contribution is 0.226. The molecule has 22 heavy (non-hydrogen) atoms. The average molecular weight is 303 g/mol. The van der Waals surface area contributed by atoms with E-state index in [2.05, 4.69) is 47.4 Å². The maximum Gasteiger partial charge on any atom is 0.165 e. The number of para-hydroxylation sites is 1. The van der Waals surface area contributed by atoms with Crippen molar-refractivity contribution in [1.82, 2.24) is 25.1 Å². The van der Waals surface area contributed by atoms with Crippen LogP contribution in [0.5, 0.6) is 5.75 Å². The van der Waals surface area contributed by atoms with Crippen LogP contribution in [0.2, 0.25) is 0 Å². The number of hydrogen-bond acceptors (Lipinski definition) is 5. The van der Waals surface area contributed by atoms with Gasteiger partial charge in [-0.25, -0.2) is 4.68 Å². The summed E-state index contributed by atoms with van der Waals surface area (Å²) in [5.74, 6) is 1.86. The van der Waals surface area contributed by atoms with Crippen LogP contribution in [-0.2, 0) is 13.1 Å². The Morgan fingerprint density at radius 2 is 2.09 bits per heavy atom. The van der Waals surface area contributed by atoms with Gasteiger partial charge in [-0.1, -0.05) is 31.5 Å². The Hall–Kier alpha value is -1.95. The lowest BCUT2D eigenvalue weighted by atomic mass is 10.2. The average Bonchev–Trinajstić information content (AvgIpc) is 2.94. The predicted molar refractivity (Wildman–Crippen MR) is 85.7 cm³/mol. The van der Waals surface area contributed by atoms with Crippen molar-refractivity contribution in [3.05, 3.63) is 35.7 Å². The molecule has 1 aromatic heterocycles. The molecule has 0 saturated carbocycles. The molecular weight excluding hydrogens is 278 g/mol. The van der Waals surface area contributed by atoms with E-state index in [0.29, 0.717) is 6.61 Å². The molecule has 0 saturated heterocycles. The number of rotatable bonds is 9. The highest BCUT2D eigenvalue weighted by molar-refractivity contribution is 5.31. The third kappa shape index (κ3) is 4.80. The van der Waals surface area contributed by atoms with Gasteiger partial charge in [0.1, 0.15) is 12.4 Å². The normalized spacial score (nSPS) is 11.1. The molecule has 0 aliphatic rings. The summed E-state index contributed by atoms with van der Waals surface area (Å²) in [5.41, 5.74) is 1.16. The lowest BCUT2D eigenvalue weighted by Crippen LogP contribution is -2.26. The molecule has 0 radical (unpaired) electrons. The van der Waals surface area contributed by atoms with E-state index in [1.165, 1.54) is 0 Å². The summed E-state index contributed by atoms with van der Waals surface area (Å²) < 4.78 is 7.71. The summed E-state index contributed by atoms with van der Waals surface area (Å²) in [7, 11) is 2.06. The van der Waals surface area contributed by atoms with Gasteiger partial charge in [0.25, 0.3) is 0 Å². The quantitative estimate of drug-likeness (QED) is 0.711. The van der Waals surface area contributed by atoms with Crippen LogP contribution >= 0.6 is 0 Å². The van der Waals surface area contributed by atoms with Crippen LogP contribution in [0, 0.1) is 6.92 Å². The van der Waals surface area contributed by atoms with Crippen LogP contribution in [0.15, 0.2) is 24.3 Å². The second-order valence-corrected chi connectivity index (χ2v) is 5.52. The van der Waals surface area contributed by atoms with E-state index in [1.807, 2.05) is 22.9 Å². The van der Waals surface area contributed by atoms with E-state index in [-0.39, 0.29) is 0 Å². The number of unbranched alkanes of at least 4 members (excludes halogenated alkanes) is 1. The predicted octanol–water partition coefficient (Wildman–Crippen LogP) is 2.29. The number of likely N-dealkylation sites (N-methyl/N-ethyl adjacent to an activating group) is 1. The van der Waals surface area contributed by atoms with Gasteiger partial charge in [0.2, 0.25) is 0 Å². The van der Waals surface area contributed by atoms with E-state index in [9.17, 15) is 0 Å². The molecule has 0 amide bonds. The van der Waals surface area contributed by atoms with E-state index in [4.69, 9.17) is 4.74 Å². The van der Waals surface area contributed by atoms with Crippen molar-refractivity contribution in [1.29, 1.82) is 0 Å². The van der Waals surface area contributed by atoms with Gasteiger partial charge in [-0.05, 0) is 42.4 Å². The van der Waals surface area contributed by atoms with Gasteiger partial charge in [-0.15, -0.1) is 5.10 Å². The highest BCUT2D eigenvalue weighted by Crippen LogP contribution is 2.15. The molecule has 1 heterocycles. The molecule has 6 heteroatoms. The van der Waals surface area contributed by atoms with Crippen LogP contribution in [-0.4, -0.2) is 45.3 Å². The van der Waals surface area contributed by atoms with Crippen LogP contribution in [0.4, 0.5) is 0 Å². The molecule has 1 aromatic carbocycles. The van der Waals surface area contributed by atoms with E-state index in [0.717, 1.165) is 49.6 Å². The Balaban J connectivity index is 1.77. The second kappa shape index (κ2) is 8.48. The fraction of sp³-hybridized carbons (Fsp3) is 0.562. The van der Waals surface area contributed by atoms with Crippen LogP contribution < -0.4 is 4.74 Å². The minimum atomic E-state index is 0.651. The minimum absolute atomic E-state index is 0.651. The topological polar surface area (TPSA) is 56.1 Å². The van der Waals surface area contributed by atoms with Crippen LogP contribution in [0.3, 0.4) is 0 Å². The first kappa shape index (κ1) is 16.4. The largest absolute Gasteiger partial charge is 0.492 e. The molecule has 0 spiro atoms. The van der Waals surface area contributed by atoms with Gasteiger partial charge in [-0.3, -0.25) is 4.90 Å². The molecular formula is C16H25N5O. The molecule has 6 nitrogen and oxygen atoms in total. The number of tetrazole rings is 1. The summed E-state index contributed by atoms with van der Waals surface area (Å²) in [5, 5.41) is 11.9. The zero-order valence-electron chi connectivity index (χ0n) is 13.7. The minimum Gasteiger partial charge on any atom is -0.492 e. The van der Waals surface area contributed by atoms with Crippen molar-refractivity contribution in [2.75, 3.05) is 20.2 Å². The maximum absolute atomic E-state index is 5.82. The Labute approximate surface area is 132 Å². The fourth-order valence-electron chi connectivity index (χ4n) is 2.17. The number of hydrogen-bond donors (Lipinski definition) is 0. The molecule has 2 aromatic rings. The van der Waals surface area contributed by atoms with Gasteiger partial charge in [0.15, 0.2) is 5.82 Å². The number of aryl methyl sites for hydroxylation is 2. The van der Waals surface area contributed by atoms with Crippen LogP contribution in [0.1, 0.15) is 31.2 Å². The third-order valence-electron chi connectivity index (χ3n) is 3.57. The number of benzene rings is 1. The summed E-state index contributed by atoms with van der Waals surface area (Å²) in [6.45, 7) is 7.31. The van der Waals surface area contributed by atoms with Crippen molar-refractivity contribution in [2.24, 2.45) is 0 Å². The molecule has 0 aliphatic carbocycles. The first-order chi connectivity index (χ1) is 10.7. The van der Waals surface area contributed by atoms with Gasteiger partial charge >= 0.3 is 0 Å². The molecule has 0 N–H and O–H groups in total. The number of nitrogens with zero attached hydrogens (tertiary/aromatic N) is 5. The Bertz CT molecular complexity index is 569. The maximum atomic E-state index is 5.82. The first-order valence-corrected chi connectivity index (χ1v) is 7.82. The lowest BCUT2D eigenvalue weighted by Gasteiger charge is -2.17. The number of ether oxygens (including phenoxy) is 1.